The van der Waals surface area contributed by atoms with Crippen molar-refractivity contribution in [2.24, 2.45) is 0 Å². The van der Waals surface area contributed by atoms with Crippen molar-refractivity contribution in [1.82, 2.24) is 4.98 Å². The minimum Gasteiger partial charge on any atom is -0.478 e. The third kappa shape index (κ3) is 2.91. The number of aromatic nitrogens is 1. The molecule has 0 fully saturated rings. The Hall–Kier alpha value is -2.07. The molecular weight excluding hydrogens is 278 g/mol. The van der Waals surface area contributed by atoms with Crippen molar-refractivity contribution in [2.45, 2.75) is 20.8 Å². The second-order valence-electron chi connectivity index (χ2n) is 4.61. The van der Waals surface area contributed by atoms with Crippen molar-refractivity contribution in [3.05, 3.63) is 51.7 Å². The third-order valence-corrected chi connectivity index (χ3v) is 3.34. The van der Waals surface area contributed by atoms with Gasteiger partial charge in [0, 0.05) is 6.07 Å². The number of halogens is 1. The average Bonchev–Trinajstić information content (AvgIpc) is 2.37. The summed E-state index contributed by atoms with van der Waals surface area (Å²) in [6, 6.07) is 5.26. The SMILES string of the molecule is Cc1cc(C)c(C)c(Oc2cc(C(=O)O)c(Cl)cn2)c1. The van der Waals surface area contributed by atoms with Gasteiger partial charge in [-0.25, -0.2) is 9.78 Å². The molecule has 0 bridgehead atoms. The first-order valence-electron chi connectivity index (χ1n) is 6.03. The van der Waals surface area contributed by atoms with Crippen molar-refractivity contribution in [2.75, 3.05) is 0 Å². The third-order valence-electron chi connectivity index (χ3n) is 3.04. The Morgan fingerprint density at radius 3 is 2.60 bits per heavy atom. The van der Waals surface area contributed by atoms with Gasteiger partial charge in [0.1, 0.15) is 5.75 Å². The second kappa shape index (κ2) is 5.51. The van der Waals surface area contributed by atoms with Crippen molar-refractivity contribution < 1.29 is 14.6 Å². The minimum absolute atomic E-state index is 0.0290. The van der Waals surface area contributed by atoms with Crippen molar-refractivity contribution in [3.8, 4) is 11.6 Å². The fourth-order valence-corrected chi connectivity index (χ4v) is 2.04. The Balaban J connectivity index is 2.40. The number of carbonyl (C=O) groups is 1. The number of hydrogen-bond acceptors (Lipinski definition) is 3. The van der Waals surface area contributed by atoms with Crippen LogP contribution in [0.4, 0.5) is 0 Å². The lowest BCUT2D eigenvalue weighted by Crippen LogP contribution is -2.00. The number of pyridine rings is 1. The molecule has 0 atom stereocenters. The van der Waals surface area contributed by atoms with Gasteiger partial charge in [0.2, 0.25) is 5.88 Å². The van der Waals surface area contributed by atoms with Crippen molar-refractivity contribution in [1.29, 1.82) is 0 Å². The standard InChI is InChI=1S/C15H14ClNO3/c1-8-4-9(2)10(3)13(5-8)20-14-6-11(15(18)19)12(16)7-17-14/h4-7H,1-3H3,(H,18,19). The first-order chi connectivity index (χ1) is 9.38. The highest BCUT2D eigenvalue weighted by molar-refractivity contribution is 6.33. The lowest BCUT2D eigenvalue weighted by atomic mass is 10.1. The predicted molar refractivity (Wildman–Crippen MR) is 76.9 cm³/mol. The maximum Gasteiger partial charge on any atom is 0.337 e. The Kier molecular flexibility index (Phi) is 3.95. The molecule has 1 heterocycles. The molecule has 1 N–H and O–H groups in total. The quantitative estimate of drug-likeness (QED) is 0.923. The van der Waals surface area contributed by atoms with E-state index in [0.29, 0.717) is 5.75 Å². The number of hydrogen-bond donors (Lipinski definition) is 1. The molecule has 2 rings (SSSR count). The summed E-state index contributed by atoms with van der Waals surface area (Å²) in [4.78, 5) is 15.0. The van der Waals surface area contributed by atoms with Gasteiger partial charge in [-0.2, -0.15) is 0 Å². The predicted octanol–water partition coefficient (Wildman–Crippen LogP) is 4.15. The van der Waals surface area contributed by atoms with E-state index >= 15 is 0 Å². The van der Waals surface area contributed by atoms with E-state index < -0.39 is 5.97 Å². The first-order valence-corrected chi connectivity index (χ1v) is 6.41. The average molecular weight is 292 g/mol. The van der Waals surface area contributed by atoms with E-state index in [-0.39, 0.29) is 16.5 Å². The van der Waals surface area contributed by atoms with E-state index in [4.69, 9.17) is 21.4 Å². The second-order valence-corrected chi connectivity index (χ2v) is 5.02. The van der Waals surface area contributed by atoms with Crippen LogP contribution in [0.25, 0.3) is 0 Å². The Morgan fingerprint density at radius 1 is 1.25 bits per heavy atom. The maximum atomic E-state index is 11.0. The summed E-state index contributed by atoms with van der Waals surface area (Å²) in [5.74, 6) is -0.243. The van der Waals surface area contributed by atoms with Crippen LogP contribution in [0.15, 0.2) is 24.4 Å². The summed E-state index contributed by atoms with van der Waals surface area (Å²) in [6.45, 7) is 5.91. The summed E-state index contributed by atoms with van der Waals surface area (Å²) >= 11 is 5.78. The van der Waals surface area contributed by atoms with Crippen LogP contribution in [0.2, 0.25) is 5.02 Å². The molecule has 20 heavy (non-hydrogen) atoms. The van der Waals surface area contributed by atoms with Gasteiger partial charge in [0.25, 0.3) is 0 Å². The topological polar surface area (TPSA) is 59.4 Å². The molecule has 0 unspecified atom stereocenters. The van der Waals surface area contributed by atoms with Gasteiger partial charge in [0.05, 0.1) is 16.8 Å². The zero-order chi connectivity index (χ0) is 14.9. The number of carboxylic acids is 1. The van der Waals surface area contributed by atoms with Crippen LogP contribution in [0.5, 0.6) is 11.6 Å². The minimum atomic E-state index is -1.11. The fraction of sp³-hybridized carbons (Fsp3) is 0.200. The van der Waals surface area contributed by atoms with E-state index in [9.17, 15) is 4.79 Å². The maximum absolute atomic E-state index is 11.0. The molecule has 4 nitrogen and oxygen atoms in total. The lowest BCUT2D eigenvalue weighted by Gasteiger charge is -2.12. The fourth-order valence-electron chi connectivity index (χ4n) is 1.86. The summed E-state index contributed by atoms with van der Waals surface area (Å²) in [5.41, 5.74) is 3.13. The Labute approximate surface area is 122 Å². The molecule has 1 aromatic heterocycles. The highest BCUT2D eigenvalue weighted by atomic mass is 35.5. The van der Waals surface area contributed by atoms with Crippen LogP contribution in [-0.4, -0.2) is 16.1 Å². The molecule has 0 spiro atoms. The largest absolute Gasteiger partial charge is 0.478 e. The number of rotatable bonds is 3. The molecule has 0 aliphatic heterocycles. The van der Waals surface area contributed by atoms with Gasteiger partial charge in [-0.05, 0) is 43.5 Å². The number of benzene rings is 1. The molecule has 104 valence electrons. The smallest absolute Gasteiger partial charge is 0.337 e. The summed E-state index contributed by atoms with van der Waals surface area (Å²) < 4.78 is 5.68. The van der Waals surface area contributed by atoms with E-state index in [1.807, 2.05) is 26.8 Å². The molecule has 0 radical (unpaired) electrons. The van der Waals surface area contributed by atoms with E-state index in [1.54, 1.807) is 0 Å². The van der Waals surface area contributed by atoms with Crippen molar-refractivity contribution >= 4 is 17.6 Å². The summed E-state index contributed by atoms with van der Waals surface area (Å²) in [5, 5.41) is 9.12. The van der Waals surface area contributed by atoms with Gasteiger partial charge in [0.15, 0.2) is 0 Å². The molecular formula is C15H14ClNO3. The molecule has 1 aromatic carbocycles. The molecule has 2 aromatic rings. The zero-order valence-corrected chi connectivity index (χ0v) is 12.2. The van der Waals surface area contributed by atoms with Crippen LogP contribution in [0.3, 0.4) is 0 Å². The molecule has 0 saturated heterocycles. The summed E-state index contributed by atoms with van der Waals surface area (Å²) in [7, 11) is 0. The molecule has 0 saturated carbocycles. The van der Waals surface area contributed by atoms with Crippen LogP contribution in [0, 0.1) is 20.8 Å². The highest BCUT2D eigenvalue weighted by Crippen LogP contribution is 2.29. The zero-order valence-electron chi connectivity index (χ0n) is 11.4. The Morgan fingerprint density at radius 2 is 1.95 bits per heavy atom. The summed E-state index contributed by atoms with van der Waals surface area (Å²) in [6.07, 6.45) is 1.28. The monoisotopic (exact) mass is 291 g/mol. The van der Waals surface area contributed by atoms with Gasteiger partial charge in [-0.1, -0.05) is 17.7 Å². The molecule has 0 aliphatic rings. The lowest BCUT2D eigenvalue weighted by molar-refractivity contribution is 0.0696. The highest BCUT2D eigenvalue weighted by Gasteiger charge is 2.13. The van der Waals surface area contributed by atoms with Gasteiger partial charge in [-0.3, -0.25) is 0 Å². The van der Waals surface area contributed by atoms with Crippen LogP contribution in [-0.2, 0) is 0 Å². The number of ether oxygens (including phenoxy) is 1. The molecule has 0 amide bonds. The van der Waals surface area contributed by atoms with Crippen LogP contribution < -0.4 is 4.74 Å². The van der Waals surface area contributed by atoms with E-state index in [2.05, 4.69) is 11.1 Å². The van der Waals surface area contributed by atoms with Gasteiger partial charge < -0.3 is 9.84 Å². The number of aromatic carboxylic acids is 1. The molecule has 5 heteroatoms. The van der Waals surface area contributed by atoms with Gasteiger partial charge >= 0.3 is 5.97 Å². The Bertz CT molecular complexity index is 683. The number of carboxylic acid groups (broad SMARTS) is 1. The number of nitrogens with zero attached hydrogens (tertiary/aromatic N) is 1. The van der Waals surface area contributed by atoms with E-state index in [0.717, 1.165) is 16.7 Å². The number of aryl methyl sites for hydroxylation is 2. The first kappa shape index (κ1) is 14.3. The van der Waals surface area contributed by atoms with E-state index in [1.165, 1.54) is 12.3 Å². The normalized spacial score (nSPS) is 10.4. The molecule has 0 aliphatic carbocycles. The van der Waals surface area contributed by atoms with Crippen LogP contribution >= 0.6 is 11.6 Å². The van der Waals surface area contributed by atoms with Crippen LogP contribution in [0.1, 0.15) is 27.0 Å². The van der Waals surface area contributed by atoms with Crippen molar-refractivity contribution in [3.63, 3.8) is 0 Å². The van der Waals surface area contributed by atoms with Gasteiger partial charge in [-0.15, -0.1) is 0 Å².